The molecule has 0 rings (SSSR count). The van der Waals surface area contributed by atoms with Crippen molar-refractivity contribution in [3.05, 3.63) is 0 Å². The highest BCUT2D eigenvalue weighted by Crippen LogP contribution is 2.15. The number of methoxy groups -OCH3 is 1. The lowest BCUT2D eigenvalue weighted by molar-refractivity contribution is -0.157. The van der Waals surface area contributed by atoms with Gasteiger partial charge in [0.15, 0.2) is 5.92 Å². The fourth-order valence-electron chi connectivity index (χ4n) is 2.88. The van der Waals surface area contributed by atoms with Crippen molar-refractivity contribution in [1.29, 1.82) is 0 Å². The van der Waals surface area contributed by atoms with Crippen LogP contribution in [0.2, 0.25) is 0 Å². The molecule has 146 valence electrons. The predicted molar refractivity (Wildman–Crippen MR) is 95.4 cm³/mol. The number of aliphatic carboxylic acids is 2. The molecule has 0 heterocycles. The largest absolute Gasteiger partial charge is 0.481 e. The zero-order valence-electron chi connectivity index (χ0n) is 15.5. The quantitative estimate of drug-likeness (QED) is 0.227. The molecule has 0 saturated heterocycles. The van der Waals surface area contributed by atoms with E-state index in [-0.39, 0.29) is 6.42 Å². The normalized spacial score (nSPS) is 11.9. The van der Waals surface area contributed by atoms with Crippen molar-refractivity contribution < 1.29 is 29.3 Å². The Kier molecular flexibility index (Phi) is 14.9. The third kappa shape index (κ3) is 14.5. The van der Waals surface area contributed by atoms with E-state index >= 15 is 0 Å². The van der Waals surface area contributed by atoms with Gasteiger partial charge in [-0.05, 0) is 12.8 Å². The van der Waals surface area contributed by atoms with Gasteiger partial charge in [0.25, 0.3) is 0 Å². The minimum atomic E-state index is -1.10. The molecule has 0 fully saturated rings. The summed E-state index contributed by atoms with van der Waals surface area (Å²) >= 11 is 0. The van der Waals surface area contributed by atoms with Gasteiger partial charge in [-0.25, -0.2) is 0 Å². The first-order valence-corrected chi connectivity index (χ1v) is 9.51. The van der Waals surface area contributed by atoms with Crippen LogP contribution in [0, 0.1) is 5.92 Å². The number of ether oxygens (including phenoxy) is 1. The van der Waals surface area contributed by atoms with Crippen LogP contribution in [-0.2, 0) is 19.1 Å². The molecule has 2 N–H and O–H groups in total. The summed E-state index contributed by atoms with van der Waals surface area (Å²) in [5.41, 5.74) is 0. The number of carboxylic acid groups (broad SMARTS) is 2. The monoisotopic (exact) mass is 358 g/mol. The molecule has 25 heavy (non-hydrogen) atoms. The molecule has 0 aliphatic carbocycles. The molecule has 6 heteroatoms. The first-order chi connectivity index (χ1) is 12.0. The van der Waals surface area contributed by atoms with Gasteiger partial charge in [0, 0.05) is 6.42 Å². The summed E-state index contributed by atoms with van der Waals surface area (Å²) in [4.78, 5) is 32.6. The molecule has 6 nitrogen and oxygen atoms in total. The number of rotatable bonds is 17. The zero-order chi connectivity index (χ0) is 18.9. The SMILES string of the molecule is COC(=O)C(CCCCCCCCCCCCCCC(=O)O)C(=O)O. The van der Waals surface area contributed by atoms with Gasteiger partial charge in [0.05, 0.1) is 7.11 Å². The van der Waals surface area contributed by atoms with Crippen molar-refractivity contribution in [2.24, 2.45) is 5.92 Å². The summed E-state index contributed by atoms with van der Waals surface area (Å²) in [5, 5.41) is 17.5. The number of unbranched alkanes of at least 4 members (excludes halogenated alkanes) is 11. The van der Waals surface area contributed by atoms with Crippen LogP contribution >= 0.6 is 0 Å². The molecule has 0 saturated carbocycles. The smallest absolute Gasteiger partial charge is 0.320 e. The van der Waals surface area contributed by atoms with Crippen LogP contribution in [0.15, 0.2) is 0 Å². The Balaban J connectivity index is 3.35. The Morgan fingerprint density at radius 2 is 1.12 bits per heavy atom. The second-order valence-electron chi connectivity index (χ2n) is 6.59. The van der Waals surface area contributed by atoms with E-state index in [9.17, 15) is 14.4 Å². The molecule has 0 radical (unpaired) electrons. The fraction of sp³-hybridized carbons (Fsp3) is 0.842. The molecule has 0 aromatic carbocycles. The lowest BCUT2D eigenvalue weighted by Gasteiger charge is -2.09. The zero-order valence-corrected chi connectivity index (χ0v) is 15.5. The Labute approximate surface area is 150 Å². The summed E-state index contributed by atoms with van der Waals surface area (Å²) in [6.45, 7) is 0. The molecule has 0 spiro atoms. The minimum absolute atomic E-state index is 0.285. The maximum atomic E-state index is 11.3. The second-order valence-corrected chi connectivity index (χ2v) is 6.59. The van der Waals surface area contributed by atoms with Crippen molar-refractivity contribution in [2.45, 2.75) is 89.9 Å². The molecule has 1 atom stereocenters. The number of hydrogen-bond donors (Lipinski definition) is 2. The summed E-state index contributed by atoms with van der Waals surface area (Å²) in [5.74, 6) is -3.49. The van der Waals surface area contributed by atoms with E-state index in [1.807, 2.05) is 0 Å². The Hall–Kier alpha value is -1.59. The van der Waals surface area contributed by atoms with Crippen LogP contribution in [0.4, 0.5) is 0 Å². The van der Waals surface area contributed by atoms with Crippen LogP contribution in [-0.4, -0.2) is 35.2 Å². The molecular formula is C19H34O6. The van der Waals surface area contributed by atoms with Gasteiger partial charge in [-0.3, -0.25) is 14.4 Å². The summed E-state index contributed by atoms with van der Waals surface area (Å²) < 4.78 is 4.50. The molecule has 0 aromatic rings. The van der Waals surface area contributed by atoms with Crippen molar-refractivity contribution in [2.75, 3.05) is 7.11 Å². The van der Waals surface area contributed by atoms with E-state index in [2.05, 4.69) is 4.74 Å². The van der Waals surface area contributed by atoms with Crippen LogP contribution in [0.5, 0.6) is 0 Å². The van der Waals surface area contributed by atoms with E-state index in [4.69, 9.17) is 10.2 Å². The van der Waals surface area contributed by atoms with Gasteiger partial charge in [0.1, 0.15) is 0 Å². The van der Waals surface area contributed by atoms with Gasteiger partial charge in [-0.15, -0.1) is 0 Å². The van der Waals surface area contributed by atoms with Crippen LogP contribution in [0.3, 0.4) is 0 Å². The predicted octanol–water partition coefficient (Wildman–Crippen LogP) is 4.41. The first-order valence-electron chi connectivity index (χ1n) is 9.51. The molecule has 0 aliphatic rings. The number of carbonyl (C=O) groups excluding carboxylic acids is 1. The molecule has 0 aliphatic heterocycles. The van der Waals surface area contributed by atoms with E-state index in [0.717, 1.165) is 44.9 Å². The lowest BCUT2D eigenvalue weighted by Crippen LogP contribution is -2.24. The standard InChI is InChI=1S/C19H34O6/c1-25-19(24)16(18(22)23)14-12-10-8-6-4-2-3-5-7-9-11-13-15-17(20)21/h16H,2-15H2,1H3,(H,20,21)(H,22,23). The van der Waals surface area contributed by atoms with Gasteiger partial charge >= 0.3 is 17.9 Å². The topological polar surface area (TPSA) is 101 Å². The second kappa shape index (κ2) is 15.9. The van der Waals surface area contributed by atoms with Crippen molar-refractivity contribution in [3.63, 3.8) is 0 Å². The lowest BCUT2D eigenvalue weighted by atomic mass is 10.00. The molecule has 0 bridgehead atoms. The highest BCUT2D eigenvalue weighted by molar-refractivity contribution is 5.93. The van der Waals surface area contributed by atoms with Crippen molar-refractivity contribution in [1.82, 2.24) is 0 Å². The summed E-state index contributed by atoms with van der Waals surface area (Å²) in [7, 11) is 1.22. The fourth-order valence-corrected chi connectivity index (χ4v) is 2.88. The number of carbonyl (C=O) groups is 3. The first kappa shape index (κ1) is 23.4. The third-order valence-electron chi connectivity index (χ3n) is 4.42. The highest BCUT2D eigenvalue weighted by Gasteiger charge is 2.26. The Bertz CT molecular complexity index is 380. The average molecular weight is 358 g/mol. The van der Waals surface area contributed by atoms with Gasteiger partial charge < -0.3 is 14.9 Å². The van der Waals surface area contributed by atoms with Gasteiger partial charge in [-0.1, -0.05) is 70.6 Å². The highest BCUT2D eigenvalue weighted by atomic mass is 16.5. The van der Waals surface area contributed by atoms with E-state index in [1.54, 1.807) is 0 Å². The van der Waals surface area contributed by atoms with Crippen molar-refractivity contribution in [3.8, 4) is 0 Å². The third-order valence-corrected chi connectivity index (χ3v) is 4.42. The van der Waals surface area contributed by atoms with Crippen LogP contribution in [0.1, 0.15) is 89.9 Å². The van der Waals surface area contributed by atoms with Crippen molar-refractivity contribution >= 4 is 17.9 Å². The molecular weight excluding hydrogens is 324 g/mol. The van der Waals surface area contributed by atoms with Gasteiger partial charge in [0.2, 0.25) is 0 Å². The van der Waals surface area contributed by atoms with Crippen LogP contribution in [0.25, 0.3) is 0 Å². The van der Waals surface area contributed by atoms with Gasteiger partial charge in [-0.2, -0.15) is 0 Å². The van der Waals surface area contributed by atoms with Crippen LogP contribution < -0.4 is 0 Å². The number of hydrogen-bond acceptors (Lipinski definition) is 4. The number of esters is 1. The minimum Gasteiger partial charge on any atom is -0.481 e. The number of carboxylic acids is 2. The Morgan fingerprint density at radius 3 is 1.48 bits per heavy atom. The summed E-state index contributed by atoms with van der Waals surface area (Å²) in [6.07, 6.45) is 13.5. The maximum absolute atomic E-state index is 11.3. The van der Waals surface area contributed by atoms with E-state index in [0.29, 0.717) is 6.42 Å². The Morgan fingerprint density at radius 1 is 0.720 bits per heavy atom. The molecule has 1 unspecified atom stereocenters. The molecule has 0 amide bonds. The molecule has 0 aromatic heterocycles. The van der Waals surface area contributed by atoms with E-state index < -0.39 is 23.8 Å². The maximum Gasteiger partial charge on any atom is 0.320 e. The average Bonchev–Trinajstić information content (AvgIpc) is 2.57. The van der Waals surface area contributed by atoms with E-state index in [1.165, 1.54) is 39.2 Å². The summed E-state index contributed by atoms with van der Waals surface area (Å²) in [6, 6.07) is 0.